The number of halogens is 2. The van der Waals surface area contributed by atoms with Crippen LogP contribution in [0.2, 0.25) is 10.2 Å². The Morgan fingerprint density at radius 3 is 2.54 bits per heavy atom. The highest BCUT2D eigenvalue weighted by Gasteiger charge is 2.45. The van der Waals surface area contributed by atoms with Gasteiger partial charge in [0.2, 0.25) is 5.78 Å². The number of benzene rings is 1. The second kappa shape index (κ2) is 11.7. The van der Waals surface area contributed by atoms with Gasteiger partial charge < -0.3 is 20.3 Å². The predicted octanol–water partition coefficient (Wildman–Crippen LogP) is 5.95. The van der Waals surface area contributed by atoms with Gasteiger partial charge in [-0.15, -0.1) is 0 Å². The molecule has 10 heteroatoms. The molecular weight excluding hydrogens is 535 g/mol. The first-order chi connectivity index (χ1) is 18.8. The van der Waals surface area contributed by atoms with Crippen molar-refractivity contribution in [2.75, 3.05) is 37.5 Å². The highest BCUT2D eigenvalue weighted by atomic mass is 35.5. The average Bonchev–Trinajstić information content (AvgIpc) is 3.34. The summed E-state index contributed by atoms with van der Waals surface area (Å²) in [6.07, 6.45) is 8.96. The molecule has 2 N–H and O–H groups in total. The Morgan fingerprint density at radius 1 is 1.13 bits per heavy atom. The van der Waals surface area contributed by atoms with Crippen molar-refractivity contribution in [2.24, 2.45) is 5.41 Å². The fraction of sp³-hybridized carbons (Fsp3) is 0.448. The Bertz CT molecular complexity index is 1330. The summed E-state index contributed by atoms with van der Waals surface area (Å²) in [6, 6.07) is 10.6. The van der Waals surface area contributed by atoms with E-state index in [1.807, 2.05) is 12.1 Å². The van der Waals surface area contributed by atoms with Crippen molar-refractivity contribution in [3.63, 3.8) is 0 Å². The number of methoxy groups -OCH3 is 1. The average molecular weight is 570 g/mol. The molecule has 206 valence electrons. The zero-order chi connectivity index (χ0) is 27.6. The van der Waals surface area contributed by atoms with Crippen molar-refractivity contribution < 1.29 is 9.53 Å². The molecule has 1 aromatic carbocycles. The van der Waals surface area contributed by atoms with Crippen LogP contribution in [0.1, 0.15) is 66.7 Å². The Kier molecular flexibility index (Phi) is 8.26. The normalized spacial score (nSPS) is 19.2. The van der Waals surface area contributed by atoms with Crippen molar-refractivity contribution in [2.45, 2.75) is 51.1 Å². The molecule has 0 radical (unpaired) electrons. The van der Waals surface area contributed by atoms with Gasteiger partial charge in [0.1, 0.15) is 23.1 Å². The minimum Gasteiger partial charge on any atom is -0.497 e. The van der Waals surface area contributed by atoms with Gasteiger partial charge in [-0.1, -0.05) is 41.8 Å². The molecule has 2 aromatic heterocycles. The Hall–Kier alpha value is -2.94. The van der Waals surface area contributed by atoms with Crippen molar-refractivity contribution >= 4 is 40.6 Å². The second-order valence-corrected chi connectivity index (χ2v) is 11.2. The molecule has 1 saturated heterocycles. The van der Waals surface area contributed by atoms with Crippen LogP contribution in [0, 0.1) is 5.41 Å². The van der Waals surface area contributed by atoms with Gasteiger partial charge >= 0.3 is 0 Å². The summed E-state index contributed by atoms with van der Waals surface area (Å²) in [5.74, 6) is 1.60. The highest BCUT2D eigenvalue weighted by molar-refractivity contribution is 6.38. The van der Waals surface area contributed by atoms with Gasteiger partial charge in [0.05, 0.1) is 18.3 Å². The number of carbonyl (C=O) groups excluding carboxylic acids is 1. The van der Waals surface area contributed by atoms with Gasteiger partial charge in [0, 0.05) is 44.0 Å². The third-order valence-corrected chi connectivity index (χ3v) is 9.01. The summed E-state index contributed by atoms with van der Waals surface area (Å²) in [7, 11) is 3.38. The van der Waals surface area contributed by atoms with Crippen LogP contribution in [0.15, 0.2) is 42.7 Å². The summed E-state index contributed by atoms with van der Waals surface area (Å²) in [4.78, 5) is 28.4. The van der Waals surface area contributed by atoms with Crippen LogP contribution in [0.25, 0.3) is 0 Å². The zero-order valence-electron chi connectivity index (χ0n) is 22.5. The van der Waals surface area contributed by atoms with E-state index < -0.39 is 0 Å². The number of rotatable bonds is 8. The predicted molar refractivity (Wildman–Crippen MR) is 155 cm³/mol. The molecule has 2 atom stereocenters. The monoisotopic (exact) mass is 568 g/mol. The summed E-state index contributed by atoms with van der Waals surface area (Å²) in [6.45, 7) is 3.98. The molecule has 5 rings (SSSR count). The molecule has 1 aliphatic heterocycles. The van der Waals surface area contributed by atoms with Crippen LogP contribution in [0.4, 0.5) is 11.6 Å². The van der Waals surface area contributed by atoms with Gasteiger partial charge in [-0.2, -0.15) is 0 Å². The Morgan fingerprint density at radius 2 is 1.87 bits per heavy atom. The fourth-order valence-electron chi connectivity index (χ4n) is 6.05. The lowest BCUT2D eigenvalue weighted by molar-refractivity contribution is 0.103. The van der Waals surface area contributed by atoms with Crippen molar-refractivity contribution in [1.29, 1.82) is 0 Å². The number of ketones is 1. The lowest BCUT2D eigenvalue weighted by Gasteiger charge is -2.44. The standard InChI is InChI=1S/C29H34Cl2N6O2/c1-18(19-6-8-20(39-3)9-7-19)35-22-5-4-11-29(22)12-15-37(16-13-29)23-17-34-25(27(31)36-23)26(38)21-10-14-33-28(32-2)24(21)30/h6-10,14,17-18,22,35H,4-5,11-13,15-16H2,1-3H3,(H,32,33)/t18?,22-/m1/s1. The zero-order valence-corrected chi connectivity index (χ0v) is 24.0. The minimum absolute atomic E-state index is 0.0744. The number of pyridine rings is 1. The van der Waals surface area contributed by atoms with Crippen molar-refractivity contribution in [3.05, 3.63) is 69.7 Å². The Balaban J connectivity index is 1.25. The third kappa shape index (κ3) is 5.55. The summed E-state index contributed by atoms with van der Waals surface area (Å²) in [5.41, 5.74) is 1.90. The molecule has 1 unspecified atom stereocenters. The molecule has 3 aromatic rings. The molecule has 2 aliphatic rings. The van der Waals surface area contributed by atoms with E-state index in [0.29, 0.717) is 17.7 Å². The van der Waals surface area contributed by atoms with Gasteiger partial charge in [-0.25, -0.2) is 15.0 Å². The maximum absolute atomic E-state index is 13.1. The van der Waals surface area contributed by atoms with E-state index in [4.69, 9.17) is 27.9 Å². The molecule has 1 aliphatic carbocycles. The molecule has 0 bridgehead atoms. The molecule has 1 spiro atoms. The Labute approximate surface area is 239 Å². The van der Waals surface area contributed by atoms with Gasteiger partial charge in [0.15, 0.2) is 5.15 Å². The van der Waals surface area contributed by atoms with E-state index in [1.54, 1.807) is 26.4 Å². The van der Waals surface area contributed by atoms with Crippen molar-refractivity contribution in [1.82, 2.24) is 20.3 Å². The number of nitrogens with zero attached hydrogens (tertiary/aromatic N) is 4. The minimum atomic E-state index is -0.383. The quantitative estimate of drug-likeness (QED) is 0.322. The van der Waals surface area contributed by atoms with E-state index in [0.717, 1.165) is 31.7 Å². The van der Waals surface area contributed by atoms with Gasteiger partial charge in [-0.05, 0) is 61.8 Å². The lowest BCUT2D eigenvalue weighted by Crippen LogP contribution is -2.49. The lowest BCUT2D eigenvalue weighted by atomic mass is 9.73. The molecule has 3 heterocycles. The SMILES string of the molecule is CNc1nccc(C(=O)c2ncc(N3CCC4(CCC[C@H]4NC(C)c4ccc(OC)cc4)CC3)nc2Cl)c1Cl. The number of ether oxygens (including phenoxy) is 1. The van der Waals surface area contributed by atoms with Crippen LogP contribution in [-0.4, -0.2) is 54.0 Å². The van der Waals surface area contributed by atoms with E-state index in [2.05, 4.69) is 49.5 Å². The first-order valence-electron chi connectivity index (χ1n) is 13.4. The molecule has 2 fully saturated rings. The molecule has 1 saturated carbocycles. The summed E-state index contributed by atoms with van der Waals surface area (Å²) in [5, 5.41) is 7.12. The molecule has 0 amide bonds. The largest absolute Gasteiger partial charge is 0.497 e. The summed E-state index contributed by atoms with van der Waals surface area (Å²) >= 11 is 12.8. The number of carbonyl (C=O) groups is 1. The number of hydrogen-bond acceptors (Lipinski definition) is 8. The van der Waals surface area contributed by atoms with Crippen LogP contribution in [0.5, 0.6) is 5.75 Å². The highest BCUT2D eigenvalue weighted by Crippen LogP contribution is 2.47. The number of nitrogens with one attached hydrogen (secondary N) is 2. The second-order valence-electron chi connectivity index (χ2n) is 10.4. The first-order valence-corrected chi connectivity index (χ1v) is 14.2. The van der Waals surface area contributed by atoms with E-state index in [1.165, 1.54) is 31.0 Å². The number of hydrogen-bond donors (Lipinski definition) is 2. The maximum Gasteiger partial charge on any atom is 0.216 e. The van der Waals surface area contributed by atoms with E-state index in [-0.39, 0.29) is 38.7 Å². The summed E-state index contributed by atoms with van der Waals surface area (Å²) < 4.78 is 5.31. The van der Waals surface area contributed by atoms with E-state index >= 15 is 0 Å². The van der Waals surface area contributed by atoms with E-state index in [9.17, 15) is 4.79 Å². The van der Waals surface area contributed by atoms with Gasteiger partial charge in [0.25, 0.3) is 0 Å². The topological polar surface area (TPSA) is 92.3 Å². The van der Waals surface area contributed by atoms with Gasteiger partial charge in [-0.3, -0.25) is 4.79 Å². The maximum atomic E-state index is 13.1. The van der Waals surface area contributed by atoms with Crippen molar-refractivity contribution in [3.8, 4) is 5.75 Å². The fourth-order valence-corrected chi connectivity index (χ4v) is 6.57. The number of piperidine rings is 1. The third-order valence-electron chi connectivity index (χ3n) is 8.36. The molecular formula is C29H34Cl2N6O2. The van der Waals surface area contributed by atoms with Crippen LogP contribution in [0.3, 0.4) is 0 Å². The van der Waals surface area contributed by atoms with Crippen LogP contribution >= 0.6 is 23.2 Å². The number of aromatic nitrogens is 3. The van der Waals surface area contributed by atoms with Crippen LogP contribution < -0.4 is 20.3 Å². The molecule has 8 nitrogen and oxygen atoms in total. The number of anilines is 2. The first kappa shape index (κ1) is 27.6. The smallest absolute Gasteiger partial charge is 0.216 e. The molecule has 39 heavy (non-hydrogen) atoms. The van der Waals surface area contributed by atoms with Crippen LogP contribution in [-0.2, 0) is 0 Å².